The minimum absolute atomic E-state index is 0.0742. The zero-order chi connectivity index (χ0) is 23.9. The lowest BCUT2D eigenvalue weighted by Gasteiger charge is -2.44. The van der Waals surface area contributed by atoms with Crippen LogP contribution in [0.1, 0.15) is 60.0 Å². The van der Waals surface area contributed by atoms with Gasteiger partial charge in [-0.25, -0.2) is 9.78 Å². The summed E-state index contributed by atoms with van der Waals surface area (Å²) in [5.74, 6) is -0.393. The molecular weight excluding hydrogens is 440 g/mol. The number of carbonyl (C=O) groups excluding carboxylic acids is 3. The number of nitrogens with zero attached hydrogens (tertiary/aromatic N) is 3. The molecule has 1 saturated carbocycles. The van der Waals surface area contributed by atoms with Crippen molar-refractivity contribution in [1.82, 2.24) is 14.9 Å². The summed E-state index contributed by atoms with van der Waals surface area (Å²) in [6.45, 7) is 2.70. The Bertz CT molecular complexity index is 1140. The van der Waals surface area contributed by atoms with Crippen LogP contribution in [0.15, 0.2) is 24.5 Å². The molecule has 0 radical (unpaired) electrons. The third kappa shape index (κ3) is 3.66. The van der Waals surface area contributed by atoms with Gasteiger partial charge >= 0.3 is 5.97 Å². The second-order valence-electron chi connectivity index (χ2n) is 9.11. The van der Waals surface area contributed by atoms with E-state index in [1.807, 2.05) is 0 Å². The molecule has 5 rings (SSSR count). The lowest BCUT2D eigenvalue weighted by atomic mass is 9.90. The van der Waals surface area contributed by atoms with Crippen molar-refractivity contribution >= 4 is 23.5 Å². The van der Waals surface area contributed by atoms with Gasteiger partial charge < -0.3 is 24.1 Å². The molecule has 1 aliphatic carbocycles. The van der Waals surface area contributed by atoms with Crippen LogP contribution in [-0.4, -0.2) is 59.2 Å². The molecule has 0 spiro atoms. The van der Waals surface area contributed by atoms with Crippen LogP contribution in [0.2, 0.25) is 0 Å². The Kier molecular flexibility index (Phi) is 5.66. The van der Waals surface area contributed by atoms with Crippen LogP contribution in [0.5, 0.6) is 11.5 Å². The van der Waals surface area contributed by atoms with Crippen molar-refractivity contribution in [2.45, 2.75) is 57.2 Å². The van der Waals surface area contributed by atoms with Crippen LogP contribution in [0, 0.1) is 0 Å². The van der Waals surface area contributed by atoms with Gasteiger partial charge in [-0.15, -0.1) is 0 Å². The Morgan fingerprint density at radius 1 is 1.15 bits per heavy atom. The number of amides is 2. The summed E-state index contributed by atoms with van der Waals surface area (Å²) < 4.78 is 17.7. The van der Waals surface area contributed by atoms with Crippen molar-refractivity contribution in [2.75, 3.05) is 25.2 Å². The molecule has 10 heteroatoms. The third-order valence-corrected chi connectivity index (χ3v) is 6.81. The van der Waals surface area contributed by atoms with Crippen LogP contribution < -0.4 is 19.7 Å². The fraction of sp³-hybridized carbons (Fsp3) is 0.500. The molecule has 1 aromatic heterocycles. The van der Waals surface area contributed by atoms with Crippen LogP contribution in [0.4, 0.5) is 5.69 Å². The molecular formula is C24H28N4O6. The maximum Gasteiger partial charge on any atom is 0.359 e. The maximum absolute atomic E-state index is 13.9. The predicted octanol–water partition coefficient (Wildman–Crippen LogP) is 2.31. The molecule has 10 nitrogen and oxygen atoms in total. The molecule has 2 amide bonds. The van der Waals surface area contributed by atoms with Gasteiger partial charge in [0.25, 0.3) is 5.91 Å². The minimum Gasteiger partial charge on any atom is -0.486 e. The summed E-state index contributed by atoms with van der Waals surface area (Å²) >= 11 is 0. The number of benzene rings is 1. The van der Waals surface area contributed by atoms with Crippen LogP contribution in [0.25, 0.3) is 0 Å². The largest absolute Gasteiger partial charge is 0.486 e. The van der Waals surface area contributed by atoms with E-state index in [2.05, 4.69) is 10.3 Å². The lowest BCUT2D eigenvalue weighted by Crippen LogP contribution is -2.65. The lowest BCUT2D eigenvalue weighted by molar-refractivity contribution is -0.127. The van der Waals surface area contributed by atoms with Gasteiger partial charge in [0.15, 0.2) is 17.2 Å². The molecule has 34 heavy (non-hydrogen) atoms. The van der Waals surface area contributed by atoms with E-state index in [-0.39, 0.29) is 29.9 Å². The van der Waals surface area contributed by atoms with Crippen molar-refractivity contribution in [2.24, 2.45) is 0 Å². The quantitative estimate of drug-likeness (QED) is 0.686. The average molecular weight is 469 g/mol. The topological polar surface area (TPSA) is 112 Å². The molecule has 1 fully saturated rings. The number of nitrogens with one attached hydrogen (secondary N) is 1. The van der Waals surface area contributed by atoms with E-state index >= 15 is 0 Å². The zero-order valence-corrected chi connectivity index (χ0v) is 19.3. The molecule has 0 unspecified atom stereocenters. The first-order valence-electron chi connectivity index (χ1n) is 11.6. The number of ether oxygens (including phenoxy) is 3. The summed E-state index contributed by atoms with van der Waals surface area (Å²) in [7, 11) is 1.24. The fourth-order valence-corrected chi connectivity index (χ4v) is 5.04. The van der Waals surface area contributed by atoms with Gasteiger partial charge in [0.2, 0.25) is 5.91 Å². The Balaban J connectivity index is 1.58. The standard InChI is InChI=1S/C24H28N4O6/c1-24(23(31)26-15-6-4-3-5-7-15)13-27-14-25-19(22(30)32-2)20(27)21(29)28(24)16-8-9-17-18(12-16)34-11-10-33-17/h8-9,12,14-15H,3-7,10-11,13H2,1-2H3,(H,26,31)/t24-/m0/s1. The van der Waals surface area contributed by atoms with Crippen LogP contribution in [0.3, 0.4) is 0 Å². The summed E-state index contributed by atoms with van der Waals surface area (Å²) in [6.07, 6.45) is 6.55. The minimum atomic E-state index is -1.26. The normalized spacial score (nSPS) is 22.2. The van der Waals surface area contributed by atoms with Crippen molar-refractivity contribution in [1.29, 1.82) is 0 Å². The Hall–Kier alpha value is -3.56. The molecule has 1 N–H and O–H groups in total. The van der Waals surface area contributed by atoms with E-state index in [0.29, 0.717) is 30.4 Å². The van der Waals surface area contributed by atoms with E-state index in [1.54, 1.807) is 29.7 Å². The highest BCUT2D eigenvalue weighted by Gasteiger charge is 2.50. The number of hydrogen-bond acceptors (Lipinski definition) is 7. The predicted molar refractivity (Wildman–Crippen MR) is 121 cm³/mol. The number of fused-ring (bicyclic) bond motifs is 2. The second-order valence-corrected chi connectivity index (χ2v) is 9.11. The maximum atomic E-state index is 13.9. The van der Waals surface area contributed by atoms with Crippen molar-refractivity contribution in [3.63, 3.8) is 0 Å². The van der Waals surface area contributed by atoms with Gasteiger partial charge in [0.1, 0.15) is 24.4 Å². The summed E-state index contributed by atoms with van der Waals surface area (Å²) in [6, 6.07) is 5.22. The third-order valence-electron chi connectivity index (χ3n) is 6.81. The van der Waals surface area contributed by atoms with E-state index < -0.39 is 17.4 Å². The van der Waals surface area contributed by atoms with E-state index in [9.17, 15) is 14.4 Å². The molecule has 0 bridgehead atoms. The van der Waals surface area contributed by atoms with Gasteiger partial charge in [-0.3, -0.25) is 14.5 Å². The van der Waals surface area contributed by atoms with Gasteiger partial charge in [0, 0.05) is 17.8 Å². The first-order valence-corrected chi connectivity index (χ1v) is 11.6. The number of carbonyl (C=O) groups is 3. The monoisotopic (exact) mass is 468 g/mol. The fourth-order valence-electron chi connectivity index (χ4n) is 5.04. The van der Waals surface area contributed by atoms with Gasteiger partial charge in [-0.05, 0) is 31.9 Å². The Morgan fingerprint density at radius 3 is 2.62 bits per heavy atom. The molecule has 180 valence electrons. The van der Waals surface area contributed by atoms with Crippen molar-refractivity contribution in [3.8, 4) is 11.5 Å². The first-order chi connectivity index (χ1) is 16.4. The number of rotatable bonds is 4. The number of aromatic nitrogens is 2. The van der Waals surface area contributed by atoms with Gasteiger partial charge in [0.05, 0.1) is 20.0 Å². The van der Waals surface area contributed by atoms with Crippen molar-refractivity contribution < 1.29 is 28.6 Å². The van der Waals surface area contributed by atoms with E-state index in [1.165, 1.54) is 24.8 Å². The Morgan fingerprint density at radius 2 is 1.88 bits per heavy atom. The van der Waals surface area contributed by atoms with Gasteiger partial charge in [-0.1, -0.05) is 19.3 Å². The molecule has 2 aromatic rings. The average Bonchev–Trinajstić information content (AvgIpc) is 3.28. The molecule has 3 heterocycles. The number of methoxy groups -OCH3 is 1. The van der Waals surface area contributed by atoms with E-state index in [0.717, 1.165) is 25.7 Å². The van der Waals surface area contributed by atoms with Crippen LogP contribution >= 0.6 is 0 Å². The summed E-state index contributed by atoms with van der Waals surface area (Å²) in [5.41, 5.74) is -0.785. The SMILES string of the molecule is COC(=O)c1ncn2c1C(=O)N(c1ccc3c(c1)OCCO3)[C@](C)(C(=O)NC1CCCCC1)C2. The van der Waals surface area contributed by atoms with Crippen molar-refractivity contribution in [3.05, 3.63) is 35.9 Å². The Labute approximate surface area is 197 Å². The molecule has 0 saturated heterocycles. The molecule has 1 atom stereocenters. The van der Waals surface area contributed by atoms with E-state index in [4.69, 9.17) is 14.2 Å². The van der Waals surface area contributed by atoms with Gasteiger partial charge in [-0.2, -0.15) is 0 Å². The highest BCUT2D eigenvalue weighted by molar-refractivity contribution is 6.15. The number of esters is 1. The highest BCUT2D eigenvalue weighted by Crippen LogP contribution is 2.39. The number of anilines is 1. The molecule has 1 aromatic carbocycles. The van der Waals surface area contributed by atoms with Crippen LogP contribution in [-0.2, 0) is 16.1 Å². The molecule has 2 aliphatic heterocycles. The summed E-state index contributed by atoms with van der Waals surface area (Å²) in [5, 5.41) is 3.17. The molecule has 3 aliphatic rings. The number of imidazole rings is 1. The second kappa shape index (κ2) is 8.66. The highest BCUT2D eigenvalue weighted by atomic mass is 16.6. The smallest absolute Gasteiger partial charge is 0.359 e. The summed E-state index contributed by atoms with van der Waals surface area (Å²) in [4.78, 5) is 45.5. The number of hydrogen-bond donors (Lipinski definition) is 1. The first kappa shape index (κ1) is 22.2. The zero-order valence-electron chi connectivity index (χ0n) is 19.3.